The van der Waals surface area contributed by atoms with Gasteiger partial charge in [0.25, 0.3) is 0 Å². The summed E-state index contributed by atoms with van der Waals surface area (Å²) in [5.41, 5.74) is 0. The van der Waals surface area contributed by atoms with Crippen LogP contribution in [0.2, 0.25) is 0 Å². The molecule has 84 valence electrons. The standard InChI is InChI=1S/C13H26O/c1-9(2)5-11-6-12(10(3)4)8-13(14)7-11/h9-14H,5-8H2,1-4H3/t11-,12-,13+/m0/s1. The van der Waals surface area contributed by atoms with E-state index in [4.69, 9.17) is 0 Å². The van der Waals surface area contributed by atoms with Crippen LogP contribution in [0.4, 0.5) is 0 Å². The first-order chi connectivity index (χ1) is 6.49. The molecule has 0 aromatic carbocycles. The summed E-state index contributed by atoms with van der Waals surface area (Å²) in [7, 11) is 0. The third kappa shape index (κ3) is 3.61. The van der Waals surface area contributed by atoms with Crippen molar-refractivity contribution < 1.29 is 5.11 Å². The molecule has 14 heavy (non-hydrogen) atoms. The minimum atomic E-state index is -0.0279. The molecule has 1 nitrogen and oxygen atoms in total. The van der Waals surface area contributed by atoms with Crippen LogP contribution >= 0.6 is 0 Å². The number of aliphatic hydroxyl groups is 1. The van der Waals surface area contributed by atoms with E-state index in [0.717, 1.165) is 36.5 Å². The van der Waals surface area contributed by atoms with Crippen LogP contribution in [0.3, 0.4) is 0 Å². The van der Waals surface area contributed by atoms with Gasteiger partial charge in [0.05, 0.1) is 6.10 Å². The average molecular weight is 198 g/mol. The summed E-state index contributed by atoms with van der Waals surface area (Å²) < 4.78 is 0. The average Bonchev–Trinajstić information content (AvgIpc) is 2.01. The normalized spacial score (nSPS) is 34.1. The van der Waals surface area contributed by atoms with Gasteiger partial charge in [-0.25, -0.2) is 0 Å². The van der Waals surface area contributed by atoms with E-state index in [9.17, 15) is 5.11 Å². The van der Waals surface area contributed by atoms with Gasteiger partial charge in [0.2, 0.25) is 0 Å². The molecule has 0 heterocycles. The summed E-state index contributed by atoms with van der Waals surface area (Å²) in [6, 6.07) is 0. The monoisotopic (exact) mass is 198 g/mol. The number of rotatable bonds is 3. The Balaban J connectivity index is 2.45. The molecule has 0 aliphatic heterocycles. The van der Waals surface area contributed by atoms with Gasteiger partial charge in [0, 0.05) is 0 Å². The number of aliphatic hydroxyl groups excluding tert-OH is 1. The highest BCUT2D eigenvalue weighted by Crippen LogP contribution is 2.36. The minimum absolute atomic E-state index is 0.0279. The molecule has 1 saturated carbocycles. The summed E-state index contributed by atoms with van der Waals surface area (Å²) in [5.74, 6) is 3.03. The van der Waals surface area contributed by atoms with Gasteiger partial charge in [0.1, 0.15) is 0 Å². The first kappa shape index (κ1) is 12.0. The van der Waals surface area contributed by atoms with Crippen LogP contribution in [0.1, 0.15) is 53.4 Å². The summed E-state index contributed by atoms with van der Waals surface area (Å²) in [6.45, 7) is 9.14. The zero-order valence-corrected chi connectivity index (χ0v) is 10.2. The molecular formula is C13H26O. The Bertz CT molecular complexity index is 161. The fourth-order valence-electron chi connectivity index (χ4n) is 2.85. The van der Waals surface area contributed by atoms with Gasteiger partial charge in [-0.05, 0) is 49.4 Å². The van der Waals surface area contributed by atoms with Crippen LogP contribution in [-0.4, -0.2) is 11.2 Å². The smallest absolute Gasteiger partial charge is 0.0545 e. The number of hydrogen-bond donors (Lipinski definition) is 1. The fraction of sp³-hybridized carbons (Fsp3) is 1.00. The Labute approximate surface area is 88.9 Å². The van der Waals surface area contributed by atoms with E-state index >= 15 is 0 Å². The minimum Gasteiger partial charge on any atom is -0.393 e. The highest BCUT2D eigenvalue weighted by Gasteiger charge is 2.29. The Hall–Kier alpha value is -0.0400. The lowest BCUT2D eigenvalue weighted by Crippen LogP contribution is -2.29. The zero-order valence-electron chi connectivity index (χ0n) is 10.2. The molecule has 1 fully saturated rings. The van der Waals surface area contributed by atoms with Gasteiger partial charge in [0.15, 0.2) is 0 Å². The molecule has 0 spiro atoms. The van der Waals surface area contributed by atoms with E-state index < -0.39 is 0 Å². The Kier molecular flexibility index (Phi) is 4.43. The highest BCUT2D eigenvalue weighted by atomic mass is 16.3. The van der Waals surface area contributed by atoms with Crippen molar-refractivity contribution in [3.63, 3.8) is 0 Å². The quantitative estimate of drug-likeness (QED) is 0.736. The second-order valence-electron chi connectivity index (χ2n) is 5.86. The molecule has 0 unspecified atom stereocenters. The van der Waals surface area contributed by atoms with Crippen molar-refractivity contribution in [2.24, 2.45) is 23.7 Å². The van der Waals surface area contributed by atoms with Crippen molar-refractivity contribution in [1.29, 1.82) is 0 Å². The molecule has 1 rings (SSSR count). The molecule has 0 aromatic heterocycles. The predicted molar refractivity (Wildman–Crippen MR) is 61.1 cm³/mol. The zero-order chi connectivity index (χ0) is 10.7. The topological polar surface area (TPSA) is 20.2 Å². The van der Waals surface area contributed by atoms with Gasteiger partial charge >= 0.3 is 0 Å². The fourth-order valence-corrected chi connectivity index (χ4v) is 2.85. The van der Waals surface area contributed by atoms with Crippen molar-refractivity contribution in [2.45, 2.75) is 59.5 Å². The second-order valence-corrected chi connectivity index (χ2v) is 5.86. The molecule has 1 aliphatic carbocycles. The van der Waals surface area contributed by atoms with Crippen LogP contribution in [0.15, 0.2) is 0 Å². The van der Waals surface area contributed by atoms with E-state index in [0.29, 0.717) is 0 Å². The molecule has 0 bridgehead atoms. The maximum atomic E-state index is 9.81. The maximum absolute atomic E-state index is 9.81. The highest BCUT2D eigenvalue weighted by molar-refractivity contribution is 4.80. The first-order valence-electron chi connectivity index (χ1n) is 6.17. The molecule has 0 radical (unpaired) electrons. The van der Waals surface area contributed by atoms with Crippen molar-refractivity contribution in [2.75, 3.05) is 0 Å². The Morgan fingerprint density at radius 1 is 1.07 bits per heavy atom. The molecule has 1 N–H and O–H groups in total. The van der Waals surface area contributed by atoms with E-state index in [2.05, 4.69) is 27.7 Å². The van der Waals surface area contributed by atoms with Crippen LogP contribution in [0.5, 0.6) is 0 Å². The molecule has 1 aliphatic rings. The van der Waals surface area contributed by atoms with E-state index in [1.54, 1.807) is 0 Å². The molecular weight excluding hydrogens is 172 g/mol. The SMILES string of the molecule is CC(C)C[C@@H]1C[C@@H](O)C[C@@H](C(C)C)C1. The van der Waals surface area contributed by atoms with Crippen LogP contribution < -0.4 is 0 Å². The first-order valence-corrected chi connectivity index (χ1v) is 6.17. The molecule has 0 amide bonds. The van der Waals surface area contributed by atoms with Crippen LogP contribution in [0, 0.1) is 23.7 Å². The van der Waals surface area contributed by atoms with Gasteiger partial charge < -0.3 is 5.11 Å². The third-order valence-corrected chi connectivity index (χ3v) is 3.56. The third-order valence-electron chi connectivity index (χ3n) is 3.56. The predicted octanol–water partition coefficient (Wildman–Crippen LogP) is 3.47. The lowest BCUT2D eigenvalue weighted by molar-refractivity contribution is 0.0484. The van der Waals surface area contributed by atoms with Crippen molar-refractivity contribution in [3.05, 3.63) is 0 Å². The van der Waals surface area contributed by atoms with Gasteiger partial charge in [-0.3, -0.25) is 0 Å². The molecule has 0 aromatic rings. The van der Waals surface area contributed by atoms with Gasteiger partial charge in [-0.15, -0.1) is 0 Å². The van der Waals surface area contributed by atoms with Crippen molar-refractivity contribution in [3.8, 4) is 0 Å². The Morgan fingerprint density at radius 3 is 2.21 bits per heavy atom. The van der Waals surface area contributed by atoms with E-state index in [1.165, 1.54) is 12.8 Å². The summed E-state index contributed by atoms with van der Waals surface area (Å²) in [5, 5.41) is 9.81. The van der Waals surface area contributed by atoms with Crippen molar-refractivity contribution in [1.82, 2.24) is 0 Å². The summed E-state index contributed by atoms with van der Waals surface area (Å²) in [6.07, 6.45) is 4.68. The lowest BCUT2D eigenvalue weighted by Gasteiger charge is -2.35. The van der Waals surface area contributed by atoms with E-state index in [1.807, 2.05) is 0 Å². The number of hydrogen-bond acceptors (Lipinski definition) is 1. The molecule has 0 saturated heterocycles. The van der Waals surface area contributed by atoms with Gasteiger partial charge in [-0.1, -0.05) is 27.7 Å². The van der Waals surface area contributed by atoms with Crippen molar-refractivity contribution >= 4 is 0 Å². The van der Waals surface area contributed by atoms with Crippen LogP contribution in [-0.2, 0) is 0 Å². The maximum Gasteiger partial charge on any atom is 0.0545 e. The lowest BCUT2D eigenvalue weighted by atomic mass is 9.72. The van der Waals surface area contributed by atoms with Crippen LogP contribution in [0.25, 0.3) is 0 Å². The summed E-state index contributed by atoms with van der Waals surface area (Å²) in [4.78, 5) is 0. The van der Waals surface area contributed by atoms with E-state index in [-0.39, 0.29) is 6.10 Å². The molecule has 1 heteroatoms. The largest absolute Gasteiger partial charge is 0.393 e. The Morgan fingerprint density at radius 2 is 1.71 bits per heavy atom. The molecule has 3 atom stereocenters. The summed E-state index contributed by atoms with van der Waals surface area (Å²) >= 11 is 0. The van der Waals surface area contributed by atoms with Gasteiger partial charge in [-0.2, -0.15) is 0 Å². The second kappa shape index (κ2) is 5.16.